The van der Waals surface area contributed by atoms with Gasteiger partial charge < -0.3 is 18.5 Å². The van der Waals surface area contributed by atoms with Crippen LogP contribution in [-0.4, -0.2) is 12.7 Å². The number of rotatable bonds is 9. The minimum Gasteiger partial charge on any atom is -0.537 e. The normalized spacial score (nSPS) is 11.3. The fraction of sp³-hybridized carbons (Fsp3) is 0. The van der Waals surface area contributed by atoms with E-state index in [1.54, 1.807) is 0 Å². The molecule has 0 fully saturated rings. The fourth-order valence-corrected chi connectivity index (χ4v) is 14.2. The number of fused-ring (bicyclic) bond motifs is 10. The Morgan fingerprint density at radius 2 is 0.553 bits per heavy atom. The summed E-state index contributed by atoms with van der Waals surface area (Å²) in [6.07, 6.45) is 0. The van der Waals surface area contributed by atoms with Gasteiger partial charge >= 0.3 is 7.69 Å². The zero-order chi connectivity index (χ0) is 62.9. The first-order valence-electron chi connectivity index (χ1n) is 31.5. The van der Waals surface area contributed by atoms with Crippen molar-refractivity contribution in [3.05, 3.63) is 344 Å². The van der Waals surface area contributed by atoms with Crippen LogP contribution in [0.2, 0.25) is 0 Å². The molecule has 18 aromatic rings. The van der Waals surface area contributed by atoms with Crippen molar-refractivity contribution in [3.63, 3.8) is 0 Å². The fourth-order valence-electron chi connectivity index (χ4n) is 13.8. The van der Waals surface area contributed by atoms with E-state index >= 15 is 0 Å². The second-order valence-corrected chi connectivity index (χ2v) is 24.3. The van der Waals surface area contributed by atoms with Crippen LogP contribution in [0.5, 0.6) is 5.75 Å². The Balaban J connectivity index is 0.000000122. The van der Waals surface area contributed by atoms with Crippen LogP contribution in [0.1, 0.15) is 0 Å². The minimum absolute atomic E-state index is 0.666. The highest BCUT2D eigenvalue weighted by atomic mass is 79.9. The predicted molar refractivity (Wildman–Crippen MR) is 398 cm³/mol. The molecule has 1 radical (unpaired) electrons. The van der Waals surface area contributed by atoms with Crippen LogP contribution in [0.3, 0.4) is 0 Å². The Kier molecular flexibility index (Phi) is 15.5. The molecule has 6 heteroatoms. The van der Waals surface area contributed by atoms with Crippen molar-refractivity contribution in [2.24, 2.45) is 0 Å². The van der Waals surface area contributed by atoms with E-state index in [1.165, 1.54) is 105 Å². The number of para-hydroxylation sites is 2. The molecule has 0 saturated carbocycles. The van der Waals surface area contributed by atoms with Crippen molar-refractivity contribution < 1.29 is 18.5 Å². The van der Waals surface area contributed by atoms with Gasteiger partial charge in [0.15, 0.2) is 0 Å². The second kappa shape index (κ2) is 25.3. The molecule has 0 aliphatic heterocycles. The molecule has 0 aliphatic carbocycles. The summed E-state index contributed by atoms with van der Waals surface area (Å²) in [6.45, 7) is 0. The van der Waals surface area contributed by atoms with Gasteiger partial charge in [-0.15, -0.1) is 0 Å². The van der Waals surface area contributed by atoms with Gasteiger partial charge in [0.25, 0.3) is 0 Å². The second-order valence-electron chi connectivity index (χ2n) is 23.4. The van der Waals surface area contributed by atoms with E-state index in [4.69, 9.17) is 13.5 Å². The lowest BCUT2D eigenvalue weighted by Gasteiger charge is -2.20. The molecule has 0 bridgehead atoms. The molecule has 0 saturated heterocycles. The molecule has 2 aromatic heterocycles. The zero-order valence-corrected chi connectivity index (χ0v) is 52.5. The van der Waals surface area contributed by atoms with Crippen LogP contribution in [0.15, 0.2) is 353 Å². The average Bonchev–Trinajstić information content (AvgIpc) is 1.20. The molecular formula is C88H57BBrO4. The monoisotopic (exact) mass is 1270 g/mol. The highest BCUT2D eigenvalue weighted by Gasteiger charge is 2.22. The Morgan fingerprint density at radius 1 is 0.234 bits per heavy atom. The molecule has 0 atom stereocenters. The van der Waals surface area contributed by atoms with Gasteiger partial charge in [-0.2, -0.15) is 0 Å². The molecule has 2 heterocycles. The first-order valence-corrected chi connectivity index (χ1v) is 32.3. The quantitative estimate of drug-likeness (QED) is 0.116. The smallest absolute Gasteiger partial charge is 0.537 e. The average molecular weight is 1270 g/mol. The Morgan fingerprint density at radius 3 is 1.00 bits per heavy atom. The van der Waals surface area contributed by atoms with Crippen molar-refractivity contribution >= 4 is 111 Å². The summed E-state index contributed by atoms with van der Waals surface area (Å²) in [5.74, 6) is 0.666. The van der Waals surface area contributed by atoms with E-state index in [-0.39, 0.29) is 0 Å². The van der Waals surface area contributed by atoms with Crippen LogP contribution < -0.4 is 4.65 Å². The highest BCUT2D eigenvalue weighted by Crippen LogP contribution is 2.49. The Labute approximate surface area is 553 Å². The van der Waals surface area contributed by atoms with Gasteiger partial charge in [0.2, 0.25) is 0 Å². The molecule has 1 N–H and O–H groups in total. The molecule has 94 heavy (non-hydrogen) atoms. The van der Waals surface area contributed by atoms with E-state index in [0.29, 0.717) is 5.75 Å². The standard InChI is InChI=1S/C44H28O.C26H18BO2.C18H11BrO/c1-2-13-29(14-3-1)33-17-4-5-19-35(33)44-38-22-8-6-20-36(38)43(37-21-7-9-23-39(37)44)32-16-12-15-30(27-32)31-25-26-42-40(28-31)34-18-10-11-24-41(34)45-42;28-27-29-26-23-16-8-6-14-21(23)25(22-15-7-9-17-24(22)26)20-13-5-4-12-19(20)18-10-2-1-3-11-18;19-14-5-3-4-12(10-14)13-8-9-18-16(11-13)15-6-1-2-7-17(15)20-18/h1-28H;1-17,28H;1-11H. The molecule has 0 spiro atoms. The van der Waals surface area contributed by atoms with Gasteiger partial charge in [0.1, 0.15) is 28.1 Å². The van der Waals surface area contributed by atoms with E-state index in [1.807, 2.05) is 84.9 Å². The van der Waals surface area contributed by atoms with Crippen LogP contribution in [-0.2, 0) is 0 Å². The molecular weight excluding hydrogens is 1210 g/mol. The third-order valence-electron chi connectivity index (χ3n) is 17.9. The summed E-state index contributed by atoms with van der Waals surface area (Å²) < 4.78 is 18.6. The first kappa shape index (κ1) is 57.6. The Hall–Kier alpha value is -11.5. The number of benzene rings is 16. The molecule has 0 aliphatic rings. The van der Waals surface area contributed by atoms with E-state index in [0.717, 1.165) is 72.2 Å². The summed E-state index contributed by atoms with van der Waals surface area (Å²) >= 11 is 3.52. The van der Waals surface area contributed by atoms with E-state index < -0.39 is 0 Å². The summed E-state index contributed by atoms with van der Waals surface area (Å²) in [4.78, 5) is 0. The van der Waals surface area contributed by atoms with Gasteiger partial charge in [-0.1, -0.05) is 301 Å². The van der Waals surface area contributed by atoms with E-state index in [9.17, 15) is 5.02 Å². The van der Waals surface area contributed by atoms with Crippen molar-refractivity contribution in [1.29, 1.82) is 0 Å². The summed E-state index contributed by atoms with van der Waals surface area (Å²) in [7, 11) is 0.756. The number of hydrogen-bond donors (Lipinski definition) is 1. The van der Waals surface area contributed by atoms with Crippen LogP contribution in [0.25, 0.3) is 165 Å². The lowest BCUT2D eigenvalue weighted by molar-refractivity contribution is 0.459. The number of halogens is 1. The van der Waals surface area contributed by atoms with Gasteiger partial charge in [0, 0.05) is 36.8 Å². The molecule has 0 amide bonds. The van der Waals surface area contributed by atoms with Crippen LogP contribution in [0, 0.1) is 0 Å². The molecule has 16 aromatic carbocycles. The lowest BCUT2D eigenvalue weighted by atomic mass is 9.83. The first-order chi connectivity index (χ1) is 46.5. The van der Waals surface area contributed by atoms with Gasteiger partial charge in [-0.25, -0.2) is 0 Å². The van der Waals surface area contributed by atoms with Crippen molar-refractivity contribution in [2.45, 2.75) is 0 Å². The maximum absolute atomic E-state index is 9.37. The van der Waals surface area contributed by atoms with Crippen LogP contribution in [0.4, 0.5) is 0 Å². The maximum Gasteiger partial charge on any atom is 0.569 e. The largest absolute Gasteiger partial charge is 0.569 e. The zero-order valence-electron chi connectivity index (χ0n) is 51.0. The van der Waals surface area contributed by atoms with E-state index in [2.05, 4.69) is 271 Å². The van der Waals surface area contributed by atoms with Crippen molar-refractivity contribution in [3.8, 4) is 83.6 Å². The van der Waals surface area contributed by atoms with Crippen molar-refractivity contribution in [1.82, 2.24) is 0 Å². The summed E-state index contributed by atoms with van der Waals surface area (Å²) in [5.41, 5.74) is 20.6. The molecule has 0 unspecified atom stereocenters. The van der Waals surface area contributed by atoms with Crippen LogP contribution >= 0.6 is 15.9 Å². The maximum atomic E-state index is 9.37. The van der Waals surface area contributed by atoms with Gasteiger partial charge in [-0.05, 0) is 165 Å². The summed E-state index contributed by atoms with van der Waals surface area (Å²) in [6, 6.07) is 119. The van der Waals surface area contributed by atoms with Gasteiger partial charge in [0.05, 0.1) is 0 Å². The highest BCUT2D eigenvalue weighted by molar-refractivity contribution is 9.10. The lowest BCUT2D eigenvalue weighted by Crippen LogP contribution is -2.02. The van der Waals surface area contributed by atoms with Gasteiger partial charge in [-0.3, -0.25) is 0 Å². The molecule has 18 rings (SSSR count). The molecule has 4 nitrogen and oxygen atoms in total. The Bertz CT molecular complexity index is 5740. The topological polar surface area (TPSA) is 55.7 Å². The number of furan rings is 2. The third-order valence-corrected chi connectivity index (χ3v) is 18.4. The molecule has 443 valence electrons. The minimum atomic E-state index is 0.666. The summed E-state index contributed by atoms with van der Waals surface area (Å²) in [5, 5.41) is 23.1. The predicted octanol–water partition coefficient (Wildman–Crippen LogP) is 24.8. The SMILES string of the molecule is Brc1cccc(-c2ccc3oc4ccccc4c3c2)c1.O[B]Oc1c2ccccc2c(-c2ccccc2-c2ccccc2)c2ccccc12.c1ccc(-c2ccccc2-c2c3ccccc3c(-c3cccc(-c4ccc5oc6ccccc6c5c4)c3)c3ccccc23)cc1. The number of hydrogen-bond acceptors (Lipinski definition) is 4. The van der Waals surface area contributed by atoms with Crippen molar-refractivity contribution in [2.75, 3.05) is 0 Å². The third kappa shape index (κ3) is 10.7.